The number of hydrogen-bond acceptors (Lipinski definition) is 3. The van der Waals surface area contributed by atoms with Gasteiger partial charge in [0, 0.05) is 35.9 Å². The van der Waals surface area contributed by atoms with Gasteiger partial charge in [0.2, 0.25) is 10.0 Å². The second-order valence-electron chi connectivity index (χ2n) is 9.18. The molecular formula is C31H27N3O2S. The predicted molar refractivity (Wildman–Crippen MR) is 150 cm³/mol. The summed E-state index contributed by atoms with van der Waals surface area (Å²) in [6.07, 6.45) is 3.73. The van der Waals surface area contributed by atoms with Crippen molar-refractivity contribution in [2.45, 2.75) is 17.7 Å². The quantitative estimate of drug-likeness (QED) is 0.238. The van der Waals surface area contributed by atoms with Crippen LogP contribution in [-0.4, -0.2) is 36.6 Å². The van der Waals surface area contributed by atoms with Crippen molar-refractivity contribution in [3.8, 4) is 16.9 Å². The normalized spacial score (nSPS) is 14.6. The van der Waals surface area contributed by atoms with Crippen molar-refractivity contribution in [3.05, 3.63) is 115 Å². The summed E-state index contributed by atoms with van der Waals surface area (Å²) in [5.74, 6) is 0. The van der Waals surface area contributed by atoms with Gasteiger partial charge in [0.25, 0.3) is 0 Å². The summed E-state index contributed by atoms with van der Waals surface area (Å²) >= 11 is 0. The Kier molecular flexibility index (Phi) is 6.20. The first-order valence-corrected chi connectivity index (χ1v) is 14.0. The van der Waals surface area contributed by atoms with Gasteiger partial charge in [0.15, 0.2) is 0 Å². The van der Waals surface area contributed by atoms with Gasteiger partial charge in [0.05, 0.1) is 21.8 Å². The number of sulfonamides is 1. The average Bonchev–Trinajstić information content (AvgIpc) is 3.61. The molecule has 1 fully saturated rings. The number of rotatable bonds is 6. The van der Waals surface area contributed by atoms with E-state index in [9.17, 15) is 8.42 Å². The van der Waals surface area contributed by atoms with Crippen molar-refractivity contribution in [2.75, 3.05) is 13.1 Å². The van der Waals surface area contributed by atoms with E-state index in [0.717, 1.165) is 46.3 Å². The largest absolute Gasteiger partial charge is 0.309 e. The first-order chi connectivity index (χ1) is 18.1. The number of aromatic nitrogens is 1. The third kappa shape index (κ3) is 4.39. The lowest BCUT2D eigenvalue weighted by molar-refractivity contribution is 0.477. The Morgan fingerprint density at radius 2 is 1.32 bits per heavy atom. The number of aliphatic imine (C=N–C) groups is 1. The van der Waals surface area contributed by atoms with E-state index in [2.05, 4.69) is 47.0 Å². The molecule has 0 bridgehead atoms. The zero-order valence-electron chi connectivity index (χ0n) is 20.4. The van der Waals surface area contributed by atoms with Gasteiger partial charge in [-0.25, -0.2) is 8.42 Å². The molecule has 2 heterocycles. The van der Waals surface area contributed by atoms with Crippen LogP contribution in [0.25, 0.3) is 27.8 Å². The van der Waals surface area contributed by atoms with Gasteiger partial charge in [-0.1, -0.05) is 66.7 Å². The summed E-state index contributed by atoms with van der Waals surface area (Å²) in [4.78, 5) is 5.11. The molecule has 5 aromatic rings. The van der Waals surface area contributed by atoms with Gasteiger partial charge in [-0.05, 0) is 60.9 Å². The first-order valence-electron chi connectivity index (χ1n) is 12.5. The van der Waals surface area contributed by atoms with Crippen molar-refractivity contribution in [1.29, 1.82) is 0 Å². The summed E-state index contributed by atoms with van der Waals surface area (Å²) in [7, 11) is -3.44. The van der Waals surface area contributed by atoms with Crippen LogP contribution in [0, 0.1) is 0 Å². The number of fused-ring (bicyclic) bond motifs is 1. The zero-order valence-corrected chi connectivity index (χ0v) is 21.2. The Bertz CT molecular complexity index is 1670. The fraction of sp³-hybridized carbons (Fsp3) is 0.129. The highest BCUT2D eigenvalue weighted by atomic mass is 32.2. The van der Waals surface area contributed by atoms with Crippen molar-refractivity contribution in [2.24, 2.45) is 4.99 Å². The molecular weight excluding hydrogens is 478 g/mol. The maximum atomic E-state index is 12.9. The van der Waals surface area contributed by atoms with E-state index in [-0.39, 0.29) is 0 Å². The van der Waals surface area contributed by atoms with E-state index in [1.165, 1.54) is 0 Å². The third-order valence-electron chi connectivity index (χ3n) is 6.86. The molecule has 4 aromatic carbocycles. The summed E-state index contributed by atoms with van der Waals surface area (Å²) < 4.78 is 29.6. The summed E-state index contributed by atoms with van der Waals surface area (Å²) in [6.45, 7) is 1.19. The van der Waals surface area contributed by atoms with Gasteiger partial charge in [-0.15, -0.1) is 0 Å². The molecule has 0 atom stereocenters. The van der Waals surface area contributed by atoms with Gasteiger partial charge in [-0.2, -0.15) is 4.31 Å². The second-order valence-corrected chi connectivity index (χ2v) is 11.1. The molecule has 0 unspecified atom stereocenters. The van der Waals surface area contributed by atoms with E-state index < -0.39 is 10.0 Å². The Hall–Kier alpha value is -4.00. The zero-order chi connectivity index (χ0) is 25.2. The fourth-order valence-electron chi connectivity index (χ4n) is 5.04. The molecule has 0 radical (unpaired) electrons. The van der Waals surface area contributed by atoms with Crippen LogP contribution in [0.5, 0.6) is 0 Å². The highest BCUT2D eigenvalue weighted by Crippen LogP contribution is 2.36. The molecule has 6 heteroatoms. The molecule has 1 aliphatic rings. The first kappa shape index (κ1) is 23.4. The van der Waals surface area contributed by atoms with Crippen LogP contribution in [0.3, 0.4) is 0 Å². The van der Waals surface area contributed by atoms with Gasteiger partial charge in [0.1, 0.15) is 0 Å². The average molecular weight is 506 g/mol. The molecule has 0 aliphatic carbocycles. The lowest BCUT2D eigenvalue weighted by Gasteiger charge is -2.15. The molecule has 0 saturated carbocycles. The van der Waals surface area contributed by atoms with Crippen LogP contribution in [0.1, 0.15) is 18.4 Å². The summed E-state index contributed by atoms with van der Waals surface area (Å²) in [5, 5.41) is 1.10. The minimum absolute atomic E-state index is 0.319. The lowest BCUT2D eigenvalue weighted by Crippen LogP contribution is -2.27. The van der Waals surface area contributed by atoms with E-state index in [1.807, 2.05) is 48.7 Å². The Balaban J connectivity index is 1.45. The maximum absolute atomic E-state index is 12.9. The van der Waals surface area contributed by atoms with Gasteiger partial charge >= 0.3 is 0 Å². The van der Waals surface area contributed by atoms with Crippen molar-refractivity contribution in [1.82, 2.24) is 8.87 Å². The molecule has 5 nitrogen and oxygen atoms in total. The van der Waals surface area contributed by atoms with E-state index in [0.29, 0.717) is 23.7 Å². The van der Waals surface area contributed by atoms with Crippen LogP contribution >= 0.6 is 0 Å². The van der Waals surface area contributed by atoms with Crippen LogP contribution < -0.4 is 0 Å². The standard InChI is InChI=1S/C31H27N3O2S/c35-37(36,33-21-9-10-22-33)27-19-17-25(18-20-27)32-23-29-28-15-7-8-16-30(28)34(26-13-5-2-6-14-26)31(29)24-11-3-1-4-12-24/h1-8,11-20,23H,9-10,21-22H2. The molecule has 0 amide bonds. The minimum Gasteiger partial charge on any atom is -0.309 e. The second kappa shape index (κ2) is 9.81. The third-order valence-corrected chi connectivity index (χ3v) is 8.77. The number of para-hydroxylation sites is 2. The highest BCUT2D eigenvalue weighted by molar-refractivity contribution is 7.89. The van der Waals surface area contributed by atoms with Crippen molar-refractivity contribution < 1.29 is 8.42 Å². The summed E-state index contributed by atoms with van der Waals surface area (Å²) in [5.41, 5.74) is 6.05. The van der Waals surface area contributed by atoms with Crippen molar-refractivity contribution >= 4 is 32.8 Å². The monoisotopic (exact) mass is 505 g/mol. The van der Waals surface area contributed by atoms with Gasteiger partial charge < -0.3 is 4.57 Å². The van der Waals surface area contributed by atoms with Crippen molar-refractivity contribution in [3.63, 3.8) is 0 Å². The predicted octanol–water partition coefficient (Wildman–Crippen LogP) is 6.83. The van der Waals surface area contributed by atoms with Crippen LogP contribution in [0.2, 0.25) is 0 Å². The SMILES string of the molecule is O=S(=O)(c1ccc(N=Cc2c(-c3ccccc3)n(-c3ccccc3)c3ccccc23)cc1)N1CCCC1. The molecule has 6 rings (SSSR count). The molecule has 184 valence electrons. The van der Waals surface area contributed by atoms with Gasteiger partial charge in [-0.3, -0.25) is 4.99 Å². The van der Waals surface area contributed by atoms with E-state index >= 15 is 0 Å². The molecule has 0 spiro atoms. The topological polar surface area (TPSA) is 54.7 Å². The van der Waals surface area contributed by atoms with Crippen LogP contribution in [0.15, 0.2) is 119 Å². The lowest BCUT2D eigenvalue weighted by atomic mass is 10.1. The molecule has 1 saturated heterocycles. The Morgan fingerprint density at radius 1 is 0.703 bits per heavy atom. The summed E-state index contributed by atoms with van der Waals surface area (Å²) in [6, 6.07) is 35.9. The Morgan fingerprint density at radius 3 is 2.03 bits per heavy atom. The van der Waals surface area contributed by atoms with E-state index in [1.54, 1.807) is 28.6 Å². The maximum Gasteiger partial charge on any atom is 0.243 e. The molecule has 37 heavy (non-hydrogen) atoms. The smallest absolute Gasteiger partial charge is 0.243 e. The van der Waals surface area contributed by atoms with Crippen LogP contribution in [-0.2, 0) is 10.0 Å². The highest BCUT2D eigenvalue weighted by Gasteiger charge is 2.27. The Labute approximate surface area is 217 Å². The minimum atomic E-state index is -3.44. The van der Waals surface area contributed by atoms with E-state index in [4.69, 9.17) is 4.99 Å². The molecule has 1 aliphatic heterocycles. The van der Waals surface area contributed by atoms with Crippen LogP contribution in [0.4, 0.5) is 5.69 Å². The number of nitrogens with zero attached hydrogens (tertiary/aromatic N) is 3. The number of benzene rings is 4. The number of hydrogen-bond donors (Lipinski definition) is 0. The molecule has 0 N–H and O–H groups in total. The fourth-order valence-corrected chi connectivity index (χ4v) is 6.56. The molecule has 1 aromatic heterocycles.